The Kier molecular flexibility index (Phi) is 6.44. The summed E-state index contributed by atoms with van der Waals surface area (Å²) in [6.07, 6.45) is -6.08. The van der Waals surface area contributed by atoms with Gasteiger partial charge in [-0.15, -0.1) is 0 Å². The van der Waals surface area contributed by atoms with Crippen LogP contribution in [0.4, 0.5) is 0 Å². The predicted molar refractivity (Wildman–Crippen MR) is 239 cm³/mol. The molecule has 2 unspecified atom stereocenters. The summed E-state index contributed by atoms with van der Waals surface area (Å²) in [6, 6.07) is 56.7. The van der Waals surface area contributed by atoms with E-state index in [1.807, 2.05) is 78.9 Å². The van der Waals surface area contributed by atoms with Crippen molar-refractivity contribution in [1.29, 1.82) is 0 Å². The molecule has 2 atom stereocenters. The van der Waals surface area contributed by atoms with Crippen LogP contribution in [-0.4, -0.2) is 22.0 Å². The molecule has 0 radical (unpaired) electrons. The summed E-state index contributed by atoms with van der Waals surface area (Å²) < 4.78 is 96.9. The zero-order chi connectivity index (χ0) is 46.7. The lowest BCUT2D eigenvalue weighted by molar-refractivity contribution is 0.296. The lowest BCUT2D eigenvalue weighted by atomic mass is 9.64. The lowest BCUT2D eigenvalue weighted by Crippen LogP contribution is -2.75. The molecule has 57 heavy (non-hydrogen) atoms. The molecule has 0 amide bonds. The number of fused-ring (bicyclic) bond motifs is 7. The van der Waals surface area contributed by atoms with E-state index in [1.165, 1.54) is 13.8 Å². The van der Waals surface area contributed by atoms with Crippen LogP contribution in [0.3, 0.4) is 0 Å². The molecule has 10 rings (SSSR count). The molecule has 7 aromatic carbocycles. The van der Waals surface area contributed by atoms with Gasteiger partial charge in [0.2, 0.25) is 5.78 Å². The number of para-hydroxylation sites is 6. The lowest BCUT2D eigenvalue weighted by Gasteiger charge is -2.45. The molecule has 0 spiro atoms. The Labute approximate surface area is 348 Å². The van der Waals surface area contributed by atoms with Gasteiger partial charge in [0.25, 0.3) is 0 Å². The normalized spacial score (nSPS) is 19.6. The molecule has 3 heterocycles. The average molecular weight is 767 g/mol. The summed E-state index contributed by atoms with van der Waals surface area (Å²) >= 11 is 0. The van der Waals surface area contributed by atoms with Gasteiger partial charge in [-0.2, -0.15) is 0 Å². The third kappa shape index (κ3) is 5.43. The Bertz CT molecular complexity index is 3280. The predicted octanol–water partition coefficient (Wildman–Crippen LogP) is 10.3. The van der Waals surface area contributed by atoms with Gasteiger partial charge < -0.3 is 4.74 Å². The number of aromatic nitrogens is 3. The third-order valence-corrected chi connectivity index (χ3v) is 16.0. The highest BCUT2D eigenvalue weighted by Crippen LogP contribution is 2.54. The quantitative estimate of drug-likeness (QED) is 0.108. The van der Waals surface area contributed by atoms with Crippen molar-refractivity contribution in [1.82, 2.24) is 14.0 Å². The summed E-state index contributed by atoms with van der Waals surface area (Å²) in [7, 11) is -3.74. The summed E-state index contributed by atoms with van der Waals surface area (Å²) in [5.41, 5.74) is 2.07. The fraction of sp³-hybridized carbons (Fsp3) is 0.173. The molecule has 0 N–H and O–H groups in total. The van der Waals surface area contributed by atoms with Gasteiger partial charge in [0, 0.05) is 34.6 Å². The smallest absolute Gasteiger partial charge is 0.220 e. The Morgan fingerprint density at radius 3 is 1.96 bits per heavy atom. The zero-order valence-corrected chi connectivity index (χ0v) is 33.0. The standard InChI is InChI=1S/C52H47N3OSi/c1-36(2)34-52(35-37(3)4)42-25-11-16-31-48(42)56-50-43(52)26-18-32-49(50)57(39-20-7-5-8-21-39,40-22-9-6-10-23-40)41-24-17-19-38(33-41)54-46-29-14-15-30-47(46)55-45-28-13-12-27-44(45)53-51(54)55/h5-33,36-37H,34-35H2,1-4H3/i1D3,34D2,35D2,36D,37D. The van der Waals surface area contributed by atoms with Crippen LogP contribution in [0.5, 0.6) is 11.5 Å². The SMILES string of the molecule is [2H]C([2H])([2H])C([2H])(C)C([2H])([2H])C1(C([2H])([2H])C([2H])(C)C)c2ccccc2Oc2c1cccc2[Si](c1ccccc1)(c1ccccc1)c1cccc(-n2c3ccccc3n3c4ccccc4nc23)c1. The molecule has 0 saturated heterocycles. The number of benzene rings is 7. The molecule has 0 fully saturated rings. The maximum Gasteiger partial charge on any atom is 0.220 e. The van der Waals surface area contributed by atoms with Crippen molar-refractivity contribution >= 4 is 56.7 Å². The van der Waals surface area contributed by atoms with Crippen LogP contribution in [0.2, 0.25) is 0 Å². The van der Waals surface area contributed by atoms with Gasteiger partial charge in [-0.25, -0.2) is 4.98 Å². The minimum Gasteiger partial charge on any atom is -0.457 e. The van der Waals surface area contributed by atoms with E-state index in [0.717, 1.165) is 56.0 Å². The molecule has 1 aliphatic heterocycles. The second-order valence-electron chi connectivity index (χ2n) is 15.0. The van der Waals surface area contributed by atoms with Crippen molar-refractivity contribution in [3.63, 3.8) is 0 Å². The molecule has 9 aromatic rings. The minimum absolute atomic E-state index is 0.0250. The monoisotopic (exact) mass is 766 g/mol. The van der Waals surface area contributed by atoms with Gasteiger partial charge in [0.05, 0.1) is 22.1 Å². The number of nitrogens with zero attached hydrogens (tertiary/aromatic N) is 3. The van der Waals surface area contributed by atoms with E-state index in [4.69, 9.17) is 13.8 Å². The molecule has 4 nitrogen and oxygen atoms in total. The number of hydrogen-bond donors (Lipinski definition) is 0. The van der Waals surface area contributed by atoms with Crippen molar-refractivity contribution in [2.75, 3.05) is 0 Å². The molecule has 0 bridgehead atoms. The fourth-order valence-electron chi connectivity index (χ4n) is 9.14. The molecular weight excluding hydrogens is 711 g/mol. The number of rotatable bonds is 9. The Morgan fingerprint density at radius 2 is 1.23 bits per heavy atom. The topological polar surface area (TPSA) is 31.5 Å². The zero-order valence-electron chi connectivity index (χ0n) is 41.0. The van der Waals surface area contributed by atoms with Crippen LogP contribution < -0.4 is 25.5 Å². The average Bonchev–Trinajstić information content (AvgIpc) is 3.83. The highest BCUT2D eigenvalue weighted by molar-refractivity contribution is 7.20. The Hall–Kier alpha value is -6.17. The van der Waals surface area contributed by atoms with E-state index in [9.17, 15) is 8.22 Å². The Morgan fingerprint density at radius 1 is 0.632 bits per heavy atom. The first-order valence-corrected chi connectivity index (χ1v) is 21.3. The minimum atomic E-state index is -3.74. The van der Waals surface area contributed by atoms with E-state index in [1.54, 1.807) is 36.4 Å². The molecule has 2 aromatic heterocycles. The molecule has 1 aliphatic rings. The highest BCUT2D eigenvalue weighted by atomic mass is 28.3. The second-order valence-corrected chi connectivity index (χ2v) is 18.8. The summed E-state index contributed by atoms with van der Waals surface area (Å²) in [5.74, 6) is -3.94. The van der Waals surface area contributed by atoms with Gasteiger partial charge >= 0.3 is 0 Å². The van der Waals surface area contributed by atoms with Gasteiger partial charge in [-0.3, -0.25) is 8.97 Å². The maximum atomic E-state index is 10.2. The van der Waals surface area contributed by atoms with Crippen molar-refractivity contribution in [3.8, 4) is 17.2 Å². The van der Waals surface area contributed by atoms with Crippen LogP contribution in [0.1, 0.15) is 63.8 Å². The molecular formula is C52H47N3OSi. The first kappa shape index (κ1) is 26.6. The first-order chi connectivity index (χ1) is 31.3. The van der Waals surface area contributed by atoms with Crippen molar-refractivity contribution < 1.29 is 17.1 Å². The summed E-state index contributed by atoms with van der Waals surface area (Å²) in [5, 5.41) is 3.47. The van der Waals surface area contributed by atoms with E-state index in [0.29, 0.717) is 5.19 Å². The van der Waals surface area contributed by atoms with Gasteiger partial charge in [-0.1, -0.05) is 161 Å². The maximum absolute atomic E-state index is 10.2. The van der Waals surface area contributed by atoms with Crippen molar-refractivity contribution in [3.05, 3.63) is 187 Å². The third-order valence-electron chi connectivity index (χ3n) is 11.2. The van der Waals surface area contributed by atoms with E-state index >= 15 is 0 Å². The summed E-state index contributed by atoms with van der Waals surface area (Å²) in [6.45, 7) is 0.525. The van der Waals surface area contributed by atoms with Crippen LogP contribution >= 0.6 is 0 Å². The van der Waals surface area contributed by atoms with Gasteiger partial charge in [0.1, 0.15) is 11.5 Å². The van der Waals surface area contributed by atoms with Crippen molar-refractivity contribution in [2.24, 2.45) is 11.8 Å². The Balaban J connectivity index is 1.36. The number of imidazole rings is 2. The van der Waals surface area contributed by atoms with E-state index < -0.39 is 44.9 Å². The van der Waals surface area contributed by atoms with Crippen LogP contribution in [-0.2, 0) is 5.41 Å². The molecule has 0 aliphatic carbocycles. The molecule has 280 valence electrons. The van der Waals surface area contributed by atoms with Crippen LogP contribution in [0.25, 0.3) is 33.5 Å². The molecule has 0 saturated carbocycles. The largest absolute Gasteiger partial charge is 0.457 e. The van der Waals surface area contributed by atoms with Crippen LogP contribution in [0, 0.1) is 11.8 Å². The number of ether oxygens (including phenoxy) is 1. The summed E-state index contributed by atoms with van der Waals surface area (Å²) in [4.78, 5) is 5.17. The van der Waals surface area contributed by atoms with Gasteiger partial charge in [-0.05, 0) is 87.7 Å². The van der Waals surface area contributed by atoms with Crippen molar-refractivity contribution in [2.45, 2.75) is 45.8 Å². The molecule has 5 heteroatoms. The van der Waals surface area contributed by atoms with Gasteiger partial charge in [0.15, 0.2) is 8.07 Å². The van der Waals surface area contributed by atoms with E-state index in [-0.39, 0.29) is 22.6 Å². The second kappa shape index (κ2) is 13.8. The highest BCUT2D eigenvalue weighted by Gasteiger charge is 2.49. The first-order valence-electron chi connectivity index (χ1n) is 23.8. The fourth-order valence-corrected chi connectivity index (χ4v) is 14.0. The van der Waals surface area contributed by atoms with Crippen LogP contribution in [0.15, 0.2) is 176 Å². The van der Waals surface area contributed by atoms with E-state index in [2.05, 4.69) is 69.6 Å². The number of hydrogen-bond acceptors (Lipinski definition) is 2.